The van der Waals surface area contributed by atoms with Gasteiger partial charge in [-0.25, -0.2) is 0 Å². The molecule has 0 spiro atoms. The number of nitrogens with one attached hydrogen (secondary N) is 1. The van der Waals surface area contributed by atoms with E-state index in [0.717, 1.165) is 36.8 Å². The standard InChI is InChI=1S/C20H20N4O2/c1-14-22-23-19-12-9-16(13-24(14)19)21-20(25)15-7-10-18(11-8-15)26-17-5-3-2-4-6-17/h2-8,10-11,16H,9,12-13H2,1H3,(H,21,25). The van der Waals surface area contributed by atoms with E-state index >= 15 is 0 Å². The average Bonchev–Trinajstić information content (AvgIpc) is 3.04. The molecule has 132 valence electrons. The maximum absolute atomic E-state index is 12.5. The Morgan fingerprint density at radius 2 is 1.81 bits per heavy atom. The number of fused-ring (bicyclic) bond motifs is 1. The van der Waals surface area contributed by atoms with Crippen molar-refractivity contribution in [3.63, 3.8) is 0 Å². The highest BCUT2D eigenvalue weighted by Crippen LogP contribution is 2.21. The molecule has 1 aliphatic rings. The largest absolute Gasteiger partial charge is 0.457 e. The Balaban J connectivity index is 1.39. The van der Waals surface area contributed by atoms with Crippen LogP contribution in [-0.2, 0) is 13.0 Å². The summed E-state index contributed by atoms with van der Waals surface area (Å²) in [4.78, 5) is 12.5. The van der Waals surface area contributed by atoms with Crippen LogP contribution in [0.4, 0.5) is 0 Å². The molecule has 0 fully saturated rings. The van der Waals surface area contributed by atoms with Gasteiger partial charge in [0.05, 0.1) is 0 Å². The number of nitrogens with zero attached hydrogens (tertiary/aromatic N) is 3. The van der Waals surface area contributed by atoms with Crippen LogP contribution in [0.2, 0.25) is 0 Å². The van der Waals surface area contributed by atoms with Crippen molar-refractivity contribution in [3.8, 4) is 11.5 Å². The molecule has 3 aromatic rings. The Kier molecular flexibility index (Phi) is 4.39. The van der Waals surface area contributed by atoms with Gasteiger partial charge in [0.1, 0.15) is 23.1 Å². The van der Waals surface area contributed by atoms with Crippen LogP contribution in [0, 0.1) is 6.92 Å². The fraction of sp³-hybridized carbons (Fsp3) is 0.250. The van der Waals surface area contributed by atoms with Gasteiger partial charge in [-0.15, -0.1) is 10.2 Å². The fourth-order valence-corrected chi connectivity index (χ4v) is 3.15. The summed E-state index contributed by atoms with van der Waals surface area (Å²) in [5.41, 5.74) is 0.622. The average molecular weight is 348 g/mol. The molecule has 0 saturated heterocycles. The molecule has 0 aliphatic carbocycles. The molecule has 4 rings (SSSR count). The lowest BCUT2D eigenvalue weighted by Crippen LogP contribution is -2.41. The minimum absolute atomic E-state index is 0.0737. The van der Waals surface area contributed by atoms with Crippen molar-refractivity contribution >= 4 is 5.91 Å². The molecule has 0 radical (unpaired) electrons. The van der Waals surface area contributed by atoms with Crippen LogP contribution in [-0.4, -0.2) is 26.7 Å². The van der Waals surface area contributed by atoms with E-state index in [-0.39, 0.29) is 11.9 Å². The lowest BCUT2D eigenvalue weighted by atomic mass is 10.1. The van der Waals surface area contributed by atoms with Gasteiger partial charge in [-0.1, -0.05) is 18.2 Å². The summed E-state index contributed by atoms with van der Waals surface area (Å²) in [6.07, 6.45) is 1.70. The molecule has 0 bridgehead atoms. The number of para-hydroxylation sites is 1. The van der Waals surface area contributed by atoms with Crippen LogP contribution in [0.1, 0.15) is 28.4 Å². The van der Waals surface area contributed by atoms with Crippen molar-refractivity contribution in [1.82, 2.24) is 20.1 Å². The molecule has 1 amide bonds. The molecule has 2 aromatic carbocycles. The summed E-state index contributed by atoms with van der Waals surface area (Å²) in [6, 6.07) is 16.8. The Bertz CT molecular complexity index is 903. The van der Waals surface area contributed by atoms with Gasteiger partial charge in [0.25, 0.3) is 5.91 Å². The van der Waals surface area contributed by atoms with Crippen molar-refractivity contribution in [2.45, 2.75) is 32.4 Å². The second-order valence-electron chi connectivity index (χ2n) is 6.42. The number of aryl methyl sites for hydroxylation is 2. The van der Waals surface area contributed by atoms with Gasteiger partial charge in [-0.05, 0) is 49.7 Å². The molecule has 1 aliphatic heterocycles. The molecule has 1 aromatic heterocycles. The lowest BCUT2D eigenvalue weighted by Gasteiger charge is -2.25. The summed E-state index contributed by atoms with van der Waals surface area (Å²) in [7, 11) is 0. The third kappa shape index (κ3) is 3.44. The van der Waals surface area contributed by atoms with Crippen LogP contribution < -0.4 is 10.1 Å². The molecule has 26 heavy (non-hydrogen) atoms. The predicted octanol–water partition coefficient (Wildman–Crippen LogP) is 3.12. The van der Waals surface area contributed by atoms with Crippen LogP contribution >= 0.6 is 0 Å². The van der Waals surface area contributed by atoms with E-state index in [1.165, 1.54) is 0 Å². The zero-order valence-electron chi connectivity index (χ0n) is 14.6. The molecule has 1 atom stereocenters. The minimum Gasteiger partial charge on any atom is -0.457 e. The summed E-state index contributed by atoms with van der Waals surface area (Å²) in [5, 5.41) is 11.4. The van der Waals surface area contributed by atoms with Gasteiger partial charge in [0.15, 0.2) is 0 Å². The maximum atomic E-state index is 12.5. The minimum atomic E-state index is -0.0737. The first kappa shape index (κ1) is 16.3. The van der Waals surface area contributed by atoms with E-state index < -0.39 is 0 Å². The Hall–Kier alpha value is -3.15. The Morgan fingerprint density at radius 1 is 1.08 bits per heavy atom. The molecule has 1 N–H and O–H groups in total. The Morgan fingerprint density at radius 3 is 2.58 bits per heavy atom. The SMILES string of the molecule is Cc1nnc2n1CC(NC(=O)c1ccc(Oc3ccccc3)cc1)CC2. The summed E-state index contributed by atoms with van der Waals surface area (Å²) in [5.74, 6) is 3.29. The van der Waals surface area contributed by atoms with E-state index in [1.807, 2.05) is 49.4 Å². The summed E-state index contributed by atoms with van der Waals surface area (Å²) >= 11 is 0. The van der Waals surface area contributed by atoms with Crippen LogP contribution in [0.25, 0.3) is 0 Å². The van der Waals surface area contributed by atoms with Crippen molar-refractivity contribution in [2.24, 2.45) is 0 Å². The zero-order chi connectivity index (χ0) is 17.9. The first-order valence-electron chi connectivity index (χ1n) is 8.71. The number of rotatable bonds is 4. The van der Waals surface area contributed by atoms with Crippen molar-refractivity contribution in [2.75, 3.05) is 0 Å². The third-order valence-electron chi connectivity index (χ3n) is 4.56. The number of carbonyl (C=O) groups is 1. The van der Waals surface area contributed by atoms with Gasteiger partial charge in [0.2, 0.25) is 0 Å². The highest BCUT2D eigenvalue weighted by molar-refractivity contribution is 5.94. The molecule has 6 heteroatoms. The number of carbonyl (C=O) groups excluding carboxylic acids is 1. The van der Waals surface area contributed by atoms with E-state index in [2.05, 4.69) is 20.1 Å². The topological polar surface area (TPSA) is 69.0 Å². The van der Waals surface area contributed by atoms with Gasteiger partial charge >= 0.3 is 0 Å². The van der Waals surface area contributed by atoms with Crippen molar-refractivity contribution in [1.29, 1.82) is 0 Å². The molecule has 0 saturated carbocycles. The number of aromatic nitrogens is 3. The monoisotopic (exact) mass is 348 g/mol. The smallest absolute Gasteiger partial charge is 0.251 e. The van der Waals surface area contributed by atoms with Gasteiger partial charge in [0, 0.05) is 24.6 Å². The first-order valence-corrected chi connectivity index (χ1v) is 8.71. The quantitative estimate of drug-likeness (QED) is 0.786. The van der Waals surface area contributed by atoms with Gasteiger partial charge < -0.3 is 14.6 Å². The van der Waals surface area contributed by atoms with Crippen LogP contribution in [0.3, 0.4) is 0 Å². The fourth-order valence-electron chi connectivity index (χ4n) is 3.15. The predicted molar refractivity (Wildman–Crippen MR) is 97.3 cm³/mol. The van der Waals surface area contributed by atoms with Crippen LogP contribution in [0.5, 0.6) is 11.5 Å². The first-order chi connectivity index (χ1) is 12.7. The highest BCUT2D eigenvalue weighted by Gasteiger charge is 2.23. The van der Waals surface area contributed by atoms with Crippen LogP contribution in [0.15, 0.2) is 54.6 Å². The number of ether oxygens (including phenoxy) is 1. The van der Waals surface area contributed by atoms with E-state index in [1.54, 1.807) is 12.1 Å². The second-order valence-corrected chi connectivity index (χ2v) is 6.42. The molecule has 2 heterocycles. The number of hydrogen-bond donors (Lipinski definition) is 1. The lowest BCUT2D eigenvalue weighted by molar-refractivity contribution is 0.0927. The zero-order valence-corrected chi connectivity index (χ0v) is 14.6. The second kappa shape index (κ2) is 7.00. The molecular weight excluding hydrogens is 328 g/mol. The van der Waals surface area contributed by atoms with E-state index in [9.17, 15) is 4.79 Å². The van der Waals surface area contributed by atoms with E-state index in [4.69, 9.17) is 4.74 Å². The van der Waals surface area contributed by atoms with Gasteiger partial charge in [-0.3, -0.25) is 4.79 Å². The third-order valence-corrected chi connectivity index (χ3v) is 4.56. The summed E-state index contributed by atoms with van der Waals surface area (Å²) < 4.78 is 7.83. The normalized spacial score (nSPS) is 16.0. The highest BCUT2D eigenvalue weighted by atomic mass is 16.5. The number of benzene rings is 2. The molecule has 6 nitrogen and oxygen atoms in total. The summed E-state index contributed by atoms with van der Waals surface area (Å²) in [6.45, 7) is 2.65. The van der Waals surface area contributed by atoms with E-state index in [0.29, 0.717) is 11.3 Å². The Labute approximate surface area is 151 Å². The maximum Gasteiger partial charge on any atom is 0.251 e. The molecule has 1 unspecified atom stereocenters. The number of hydrogen-bond acceptors (Lipinski definition) is 4. The number of amides is 1. The van der Waals surface area contributed by atoms with Gasteiger partial charge in [-0.2, -0.15) is 0 Å². The van der Waals surface area contributed by atoms with Crippen molar-refractivity contribution in [3.05, 3.63) is 71.8 Å². The molecular formula is C20H20N4O2. The van der Waals surface area contributed by atoms with Crippen molar-refractivity contribution < 1.29 is 9.53 Å².